The summed E-state index contributed by atoms with van der Waals surface area (Å²) in [6.07, 6.45) is 0.375. The van der Waals surface area contributed by atoms with Crippen LogP contribution in [0.4, 0.5) is 0 Å². The highest BCUT2D eigenvalue weighted by Crippen LogP contribution is 2.55. The monoisotopic (exact) mass is 623 g/mol. The molecule has 0 unspecified atom stereocenters. The van der Waals surface area contributed by atoms with Crippen LogP contribution in [0.1, 0.15) is 6.92 Å². The molecule has 0 amide bonds. The minimum Gasteiger partial charge on any atom is -0.511 e. The zero-order valence-electron chi connectivity index (χ0n) is 25.4. The standard InChI is InChI=1S/C21H20O2P.C18H13BO3/c1-18(22)23-17-24(19-11-5-2-6-12-19,20-13-7-3-8-14-20)21-15-9-4-10-16-21;20-19(21)22-17-7-3-6-12-8-9-15-10-13-4-1-2-5-14(13)11-16(15)18(12)17/h2-16H,17H2,1H3;1-11,20-21H/q+1;. The first-order valence-electron chi connectivity index (χ1n) is 15.0. The topological polar surface area (TPSA) is 76.0 Å². The minimum atomic E-state index is -2.05. The highest BCUT2D eigenvalue weighted by molar-refractivity contribution is 7.95. The maximum Gasteiger partial charge on any atom is 0.707 e. The molecule has 0 radical (unpaired) electrons. The van der Waals surface area contributed by atoms with Gasteiger partial charge in [0.25, 0.3) is 0 Å². The molecule has 46 heavy (non-hydrogen) atoms. The van der Waals surface area contributed by atoms with Gasteiger partial charge in [-0.15, -0.1) is 0 Å². The molecule has 7 rings (SSSR count). The van der Waals surface area contributed by atoms with Crippen molar-refractivity contribution in [2.45, 2.75) is 6.92 Å². The first kappa shape index (κ1) is 31.0. The van der Waals surface area contributed by atoms with Crippen molar-refractivity contribution in [1.82, 2.24) is 0 Å². The van der Waals surface area contributed by atoms with Crippen LogP contribution in [0.5, 0.6) is 5.75 Å². The fourth-order valence-corrected chi connectivity index (χ4v) is 9.65. The summed E-state index contributed by atoms with van der Waals surface area (Å²) >= 11 is 0. The Hall–Kier alpha value is -5.00. The molecular weight excluding hydrogens is 590 g/mol. The molecule has 0 atom stereocenters. The fraction of sp³-hybridized carbons (Fsp3) is 0.0513. The summed E-state index contributed by atoms with van der Waals surface area (Å²) in [6, 6.07) is 53.2. The molecule has 0 bridgehead atoms. The van der Waals surface area contributed by atoms with E-state index in [2.05, 4.69) is 66.7 Å². The minimum absolute atomic E-state index is 0.248. The zero-order valence-corrected chi connectivity index (χ0v) is 26.3. The van der Waals surface area contributed by atoms with Gasteiger partial charge in [0.1, 0.15) is 21.7 Å². The molecule has 0 saturated carbocycles. The molecule has 7 aromatic rings. The summed E-state index contributed by atoms with van der Waals surface area (Å²) in [5, 5.41) is 28.3. The van der Waals surface area contributed by atoms with Crippen LogP contribution in [0.3, 0.4) is 0 Å². The molecule has 7 heteroatoms. The molecule has 0 spiro atoms. The Morgan fingerprint density at radius 3 is 1.59 bits per heavy atom. The van der Waals surface area contributed by atoms with Gasteiger partial charge in [0, 0.05) is 12.3 Å². The van der Waals surface area contributed by atoms with Crippen LogP contribution in [0.25, 0.3) is 32.3 Å². The number of esters is 1. The van der Waals surface area contributed by atoms with E-state index in [1.165, 1.54) is 28.2 Å². The summed E-state index contributed by atoms with van der Waals surface area (Å²) in [6.45, 7) is 1.47. The molecule has 226 valence electrons. The number of hydrogen-bond acceptors (Lipinski definition) is 5. The smallest absolute Gasteiger partial charge is 0.511 e. The van der Waals surface area contributed by atoms with Crippen LogP contribution in [-0.2, 0) is 9.53 Å². The van der Waals surface area contributed by atoms with E-state index < -0.39 is 14.6 Å². The third-order valence-electron chi connectivity index (χ3n) is 7.97. The molecule has 0 saturated heterocycles. The quantitative estimate of drug-likeness (QED) is 0.0658. The van der Waals surface area contributed by atoms with Crippen LogP contribution in [0.15, 0.2) is 158 Å². The highest BCUT2D eigenvalue weighted by Gasteiger charge is 2.46. The van der Waals surface area contributed by atoms with Gasteiger partial charge in [0.2, 0.25) is 6.35 Å². The largest absolute Gasteiger partial charge is 0.707 e. The van der Waals surface area contributed by atoms with E-state index in [-0.39, 0.29) is 5.97 Å². The van der Waals surface area contributed by atoms with Crippen molar-refractivity contribution in [2.75, 3.05) is 6.35 Å². The van der Waals surface area contributed by atoms with E-state index in [1.54, 1.807) is 6.07 Å². The van der Waals surface area contributed by atoms with Crippen LogP contribution in [0, 0.1) is 0 Å². The number of carbonyl (C=O) groups excluding carboxylic acids is 1. The Bertz CT molecular complexity index is 1990. The van der Waals surface area contributed by atoms with E-state index in [9.17, 15) is 4.79 Å². The van der Waals surface area contributed by atoms with E-state index >= 15 is 0 Å². The second-order valence-corrected chi connectivity index (χ2v) is 14.3. The number of ether oxygens (including phenoxy) is 1. The number of hydrogen-bond donors (Lipinski definition) is 2. The van der Waals surface area contributed by atoms with E-state index in [1.807, 2.05) is 84.9 Å². The van der Waals surface area contributed by atoms with E-state index in [0.29, 0.717) is 12.1 Å². The number of benzene rings is 7. The normalized spacial score (nSPS) is 11.1. The number of fused-ring (bicyclic) bond motifs is 4. The lowest BCUT2D eigenvalue weighted by Crippen LogP contribution is -2.34. The summed E-state index contributed by atoms with van der Waals surface area (Å²) in [4.78, 5) is 11.6. The molecular formula is C39H33BO5P+. The first-order valence-corrected chi connectivity index (χ1v) is 17.0. The van der Waals surface area contributed by atoms with E-state index in [0.717, 1.165) is 26.9 Å². The van der Waals surface area contributed by atoms with Gasteiger partial charge in [0.05, 0.1) is 0 Å². The van der Waals surface area contributed by atoms with Crippen LogP contribution in [-0.4, -0.2) is 29.7 Å². The second-order valence-electron chi connectivity index (χ2n) is 10.9. The maximum absolute atomic E-state index is 11.6. The zero-order chi connectivity index (χ0) is 31.9. The molecule has 0 aliphatic carbocycles. The van der Waals surface area contributed by atoms with Gasteiger partial charge in [-0.05, 0) is 81.5 Å². The molecule has 0 fully saturated rings. The van der Waals surface area contributed by atoms with Gasteiger partial charge >= 0.3 is 13.3 Å². The number of carbonyl (C=O) groups is 1. The molecule has 5 nitrogen and oxygen atoms in total. The lowest BCUT2D eigenvalue weighted by Gasteiger charge is -2.26. The van der Waals surface area contributed by atoms with Crippen molar-refractivity contribution >= 4 is 68.8 Å². The van der Waals surface area contributed by atoms with Crippen LogP contribution < -0.4 is 20.6 Å². The predicted octanol–water partition coefficient (Wildman–Crippen LogP) is 7.00. The summed E-state index contributed by atoms with van der Waals surface area (Å²) < 4.78 is 10.7. The van der Waals surface area contributed by atoms with E-state index in [4.69, 9.17) is 19.4 Å². The Labute approximate surface area is 269 Å². The van der Waals surface area contributed by atoms with Crippen LogP contribution in [0.2, 0.25) is 0 Å². The molecule has 0 aliphatic rings. The molecule has 7 aromatic carbocycles. The van der Waals surface area contributed by atoms with Crippen molar-refractivity contribution < 1.29 is 24.2 Å². The summed E-state index contributed by atoms with van der Waals surface area (Å²) in [7, 11) is -3.88. The maximum atomic E-state index is 11.6. The summed E-state index contributed by atoms with van der Waals surface area (Å²) in [5.41, 5.74) is 0. The van der Waals surface area contributed by atoms with Gasteiger partial charge in [-0.2, -0.15) is 0 Å². The predicted molar refractivity (Wildman–Crippen MR) is 192 cm³/mol. The third kappa shape index (κ3) is 6.51. The van der Waals surface area contributed by atoms with Gasteiger partial charge in [0.15, 0.2) is 7.26 Å². The Balaban J connectivity index is 0.000000162. The van der Waals surface area contributed by atoms with Crippen LogP contribution >= 0.6 is 7.26 Å². The highest BCUT2D eigenvalue weighted by atomic mass is 31.2. The van der Waals surface area contributed by atoms with Crippen molar-refractivity contribution in [1.29, 1.82) is 0 Å². The SMILES string of the molecule is CC(=O)OC[P+](c1ccccc1)(c1ccccc1)c1ccccc1.OB(O)Oc1cccc2ccc3cc4ccccc4cc3c12. The molecule has 0 aromatic heterocycles. The van der Waals surface area contributed by atoms with Gasteiger partial charge in [-0.25, -0.2) is 0 Å². The Kier molecular flexibility index (Phi) is 9.42. The van der Waals surface area contributed by atoms with Crippen molar-refractivity contribution in [3.8, 4) is 5.75 Å². The van der Waals surface area contributed by atoms with Gasteiger partial charge in [-0.1, -0.05) is 103 Å². The van der Waals surface area contributed by atoms with Crippen molar-refractivity contribution in [3.63, 3.8) is 0 Å². The van der Waals surface area contributed by atoms with Gasteiger partial charge in [-0.3, -0.25) is 4.79 Å². The van der Waals surface area contributed by atoms with Crippen molar-refractivity contribution in [3.05, 3.63) is 158 Å². The second kappa shape index (κ2) is 14.0. The average molecular weight is 623 g/mol. The third-order valence-corrected chi connectivity index (χ3v) is 12.0. The Morgan fingerprint density at radius 2 is 1.07 bits per heavy atom. The fourth-order valence-electron chi connectivity index (χ4n) is 5.88. The molecule has 2 N–H and O–H groups in total. The Morgan fingerprint density at radius 1 is 0.587 bits per heavy atom. The lowest BCUT2D eigenvalue weighted by molar-refractivity contribution is -0.138. The number of rotatable bonds is 7. The molecule has 0 aliphatic heterocycles. The lowest BCUT2D eigenvalue weighted by atomic mass is 9.97. The molecule has 0 heterocycles. The van der Waals surface area contributed by atoms with Crippen molar-refractivity contribution in [2.24, 2.45) is 0 Å². The first-order chi connectivity index (χ1) is 22.5. The summed E-state index contributed by atoms with van der Waals surface area (Å²) in [5.74, 6) is 0.218. The average Bonchev–Trinajstić information content (AvgIpc) is 3.09. The van der Waals surface area contributed by atoms with Gasteiger partial charge < -0.3 is 19.4 Å².